The maximum Gasteiger partial charge on any atom is 0.164 e. The van der Waals surface area contributed by atoms with E-state index in [1.165, 1.54) is 11.1 Å². The van der Waals surface area contributed by atoms with Crippen molar-refractivity contribution in [2.24, 2.45) is 0 Å². The van der Waals surface area contributed by atoms with E-state index in [2.05, 4.69) is 45.7 Å². The van der Waals surface area contributed by atoms with Crippen LogP contribution in [0.25, 0.3) is 16.9 Å². The zero-order valence-electron chi connectivity index (χ0n) is 12.8. The molecule has 0 fully saturated rings. The van der Waals surface area contributed by atoms with Crippen LogP contribution in [0.5, 0.6) is 0 Å². The van der Waals surface area contributed by atoms with Gasteiger partial charge in [0.15, 0.2) is 5.65 Å². The van der Waals surface area contributed by atoms with E-state index in [0.717, 1.165) is 29.1 Å². The summed E-state index contributed by atoms with van der Waals surface area (Å²) in [6.07, 6.45) is 6.17. The van der Waals surface area contributed by atoms with Crippen molar-refractivity contribution in [1.29, 1.82) is 0 Å². The molecule has 4 aromatic rings. The molecule has 0 aliphatic heterocycles. The number of aryl methyl sites for hydroxylation is 1. The van der Waals surface area contributed by atoms with Crippen molar-refractivity contribution in [2.45, 2.75) is 13.3 Å². The van der Waals surface area contributed by atoms with Crippen molar-refractivity contribution in [1.82, 2.24) is 19.5 Å². The van der Waals surface area contributed by atoms with E-state index >= 15 is 0 Å². The van der Waals surface area contributed by atoms with Gasteiger partial charge >= 0.3 is 0 Å². The van der Waals surface area contributed by atoms with Crippen LogP contribution in [-0.4, -0.2) is 19.5 Å². The van der Waals surface area contributed by atoms with Crippen molar-refractivity contribution in [3.05, 3.63) is 84.1 Å². The van der Waals surface area contributed by atoms with E-state index in [-0.39, 0.29) is 0 Å². The van der Waals surface area contributed by atoms with E-state index in [0.29, 0.717) is 0 Å². The number of imidazole rings is 1. The first-order chi connectivity index (χ1) is 11.3. The molecule has 0 amide bonds. The SMILES string of the molecule is Cc1cccc(Cc2nc3cccnc3n2-c2cccnc2)c1. The Bertz CT molecular complexity index is 957. The summed E-state index contributed by atoms with van der Waals surface area (Å²) in [5.41, 5.74) is 5.24. The summed E-state index contributed by atoms with van der Waals surface area (Å²) in [6, 6.07) is 16.4. The van der Waals surface area contributed by atoms with Gasteiger partial charge in [0.1, 0.15) is 11.3 Å². The van der Waals surface area contributed by atoms with Gasteiger partial charge in [-0.15, -0.1) is 0 Å². The molecule has 0 aliphatic rings. The quantitative estimate of drug-likeness (QED) is 0.579. The molecule has 0 atom stereocenters. The summed E-state index contributed by atoms with van der Waals surface area (Å²) in [7, 11) is 0. The Morgan fingerprint density at radius 2 is 1.91 bits per heavy atom. The van der Waals surface area contributed by atoms with Crippen LogP contribution in [0.15, 0.2) is 67.1 Å². The molecular formula is C19H16N4. The first kappa shape index (κ1) is 13.6. The predicted octanol–water partition coefficient (Wildman–Crippen LogP) is 3.71. The van der Waals surface area contributed by atoms with E-state index in [1.54, 1.807) is 12.4 Å². The molecule has 0 aliphatic carbocycles. The van der Waals surface area contributed by atoms with Gasteiger partial charge in [-0.25, -0.2) is 9.97 Å². The minimum Gasteiger partial charge on any atom is -0.279 e. The van der Waals surface area contributed by atoms with E-state index in [1.807, 2.05) is 30.5 Å². The number of pyridine rings is 2. The highest BCUT2D eigenvalue weighted by Crippen LogP contribution is 2.21. The van der Waals surface area contributed by atoms with Crippen molar-refractivity contribution < 1.29 is 0 Å². The minimum absolute atomic E-state index is 0.757. The maximum absolute atomic E-state index is 4.79. The van der Waals surface area contributed by atoms with Crippen molar-refractivity contribution >= 4 is 11.2 Å². The molecule has 0 bridgehead atoms. The number of hydrogen-bond acceptors (Lipinski definition) is 3. The van der Waals surface area contributed by atoms with Crippen LogP contribution in [0, 0.1) is 6.92 Å². The molecule has 112 valence electrons. The van der Waals surface area contributed by atoms with Gasteiger partial charge in [-0.1, -0.05) is 29.8 Å². The Kier molecular flexibility index (Phi) is 3.35. The molecule has 4 rings (SSSR count). The molecule has 0 spiro atoms. The Hall–Kier alpha value is -3.01. The standard InChI is InChI=1S/C19H16N4/c1-14-5-2-6-15(11-14)12-18-22-17-8-4-10-21-19(17)23(18)16-7-3-9-20-13-16/h2-11,13H,12H2,1H3. The number of nitrogens with zero attached hydrogens (tertiary/aromatic N) is 4. The Morgan fingerprint density at radius 3 is 2.74 bits per heavy atom. The third-order valence-electron chi connectivity index (χ3n) is 3.83. The first-order valence-corrected chi connectivity index (χ1v) is 7.59. The molecule has 4 heteroatoms. The lowest BCUT2D eigenvalue weighted by Crippen LogP contribution is -2.03. The molecule has 0 saturated carbocycles. The highest BCUT2D eigenvalue weighted by molar-refractivity contribution is 5.73. The molecule has 3 aromatic heterocycles. The first-order valence-electron chi connectivity index (χ1n) is 7.59. The smallest absolute Gasteiger partial charge is 0.164 e. The van der Waals surface area contributed by atoms with Gasteiger partial charge in [0.25, 0.3) is 0 Å². The summed E-state index contributed by atoms with van der Waals surface area (Å²) < 4.78 is 2.09. The Morgan fingerprint density at radius 1 is 1.00 bits per heavy atom. The second-order valence-electron chi connectivity index (χ2n) is 5.59. The van der Waals surface area contributed by atoms with Gasteiger partial charge in [0, 0.05) is 18.8 Å². The second-order valence-corrected chi connectivity index (χ2v) is 5.59. The van der Waals surface area contributed by atoms with Crippen LogP contribution < -0.4 is 0 Å². The average molecular weight is 300 g/mol. The molecular weight excluding hydrogens is 284 g/mol. The normalized spacial score (nSPS) is 11.0. The zero-order chi connectivity index (χ0) is 15.6. The van der Waals surface area contributed by atoms with Gasteiger partial charge in [-0.3, -0.25) is 9.55 Å². The highest BCUT2D eigenvalue weighted by Gasteiger charge is 2.13. The fourth-order valence-electron chi connectivity index (χ4n) is 2.84. The summed E-state index contributed by atoms with van der Waals surface area (Å²) in [5, 5.41) is 0. The number of aromatic nitrogens is 4. The molecule has 4 nitrogen and oxygen atoms in total. The molecule has 0 saturated heterocycles. The van der Waals surface area contributed by atoms with Crippen LogP contribution in [0.3, 0.4) is 0 Å². The summed E-state index contributed by atoms with van der Waals surface area (Å²) in [4.78, 5) is 13.5. The summed E-state index contributed by atoms with van der Waals surface area (Å²) >= 11 is 0. The average Bonchev–Trinajstić information content (AvgIpc) is 2.93. The Balaban J connectivity index is 1.89. The third kappa shape index (κ3) is 2.59. The fourth-order valence-corrected chi connectivity index (χ4v) is 2.84. The fraction of sp³-hybridized carbons (Fsp3) is 0.105. The van der Waals surface area contributed by atoms with Gasteiger partial charge in [0.2, 0.25) is 0 Å². The summed E-state index contributed by atoms with van der Waals surface area (Å²) in [6.45, 7) is 2.11. The zero-order valence-corrected chi connectivity index (χ0v) is 12.8. The largest absolute Gasteiger partial charge is 0.279 e. The third-order valence-corrected chi connectivity index (χ3v) is 3.83. The summed E-state index contributed by atoms with van der Waals surface area (Å²) in [5.74, 6) is 0.970. The topological polar surface area (TPSA) is 43.6 Å². The minimum atomic E-state index is 0.757. The molecule has 0 N–H and O–H groups in total. The van der Waals surface area contributed by atoms with Crippen molar-refractivity contribution in [3.8, 4) is 5.69 Å². The lowest BCUT2D eigenvalue weighted by Gasteiger charge is -2.08. The molecule has 0 unspecified atom stereocenters. The lowest BCUT2D eigenvalue weighted by atomic mass is 10.1. The van der Waals surface area contributed by atoms with Gasteiger partial charge < -0.3 is 0 Å². The maximum atomic E-state index is 4.79. The number of fused-ring (bicyclic) bond motifs is 1. The number of benzene rings is 1. The molecule has 3 heterocycles. The second kappa shape index (κ2) is 5.65. The van der Waals surface area contributed by atoms with E-state index < -0.39 is 0 Å². The molecule has 0 radical (unpaired) electrons. The van der Waals surface area contributed by atoms with E-state index in [4.69, 9.17) is 4.98 Å². The predicted molar refractivity (Wildman–Crippen MR) is 90.6 cm³/mol. The number of hydrogen-bond donors (Lipinski definition) is 0. The van der Waals surface area contributed by atoms with Crippen molar-refractivity contribution in [3.63, 3.8) is 0 Å². The molecule has 1 aromatic carbocycles. The van der Waals surface area contributed by atoms with Gasteiger partial charge in [-0.05, 0) is 36.8 Å². The van der Waals surface area contributed by atoms with Crippen LogP contribution in [0.4, 0.5) is 0 Å². The van der Waals surface area contributed by atoms with Gasteiger partial charge in [0.05, 0.1) is 11.9 Å². The molecule has 23 heavy (non-hydrogen) atoms. The van der Waals surface area contributed by atoms with E-state index in [9.17, 15) is 0 Å². The Labute approximate surface area is 134 Å². The van der Waals surface area contributed by atoms with Crippen molar-refractivity contribution in [2.75, 3.05) is 0 Å². The van der Waals surface area contributed by atoms with Crippen LogP contribution in [-0.2, 0) is 6.42 Å². The number of rotatable bonds is 3. The lowest BCUT2D eigenvalue weighted by molar-refractivity contribution is 0.918. The van der Waals surface area contributed by atoms with Gasteiger partial charge in [-0.2, -0.15) is 0 Å². The van der Waals surface area contributed by atoms with Crippen LogP contribution in [0.2, 0.25) is 0 Å². The monoisotopic (exact) mass is 300 g/mol. The van der Waals surface area contributed by atoms with Crippen LogP contribution >= 0.6 is 0 Å². The highest BCUT2D eigenvalue weighted by atomic mass is 15.1. The van der Waals surface area contributed by atoms with Crippen LogP contribution in [0.1, 0.15) is 17.0 Å².